The molecule has 0 radical (unpaired) electrons. The van der Waals surface area contributed by atoms with Crippen LogP contribution in [0.3, 0.4) is 0 Å². The summed E-state index contributed by atoms with van der Waals surface area (Å²) in [6, 6.07) is 0. The molecular weight excluding hydrogens is 506 g/mol. The minimum atomic E-state index is -1.00. The molecule has 1 heterocycles. The molecule has 1 aliphatic heterocycles. The van der Waals surface area contributed by atoms with Crippen LogP contribution in [-0.4, -0.2) is 67.3 Å². The Morgan fingerprint density at radius 3 is 2.38 bits per heavy atom. The van der Waals surface area contributed by atoms with E-state index in [1.54, 1.807) is 26.0 Å². The van der Waals surface area contributed by atoms with E-state index >= 15 is 0 Å². The van der Waals surface area contributed by atoms with Gasteiger partial charge in [0.15, 0.2) is 6.10 Å². The van der Waals surface area contributed by atoms with Crippen LogP contribution in [0.1, 0.15) is 40.5 Å². The van der Waals surface area contributed by atoms with Crippen LogP contribution >= 0.6 is 0 Å². The predicted molar refractivity (Wildman–Crippen MR) is 144 cm³/mol. The van der Waals surface area contributed by atoms with Crippen molar-refractivity contribution in [2.45, 2.75) is 65.0 Å². The fraction of sp³-hybridized carbons (Fsp3) is 0.500. The zero-order valence-electron chi connectivity index (χ0n) is 23.2. The lowest BCUT2D eigenvalue weighted by Gasteiger charge is -2.29. The number of fused-ring (bicyclic) bond motifs is 2. The first-order valence-corrected chi connectivity index (χ1v) is 12.6. The molecule has 0 saturated heterocycles. The predicted octanol–water partition coefficient (Wildman–Crippen LogP) is 1.72. The van der Waals surface area contributed by atoms with Crippen LogP contribution < -0.4 is 16.8 Å². The Morgan fingerprint density at radius 1 is 1.13 bits per heavy atom. The van der Waals surface area contributed by atoms with E-state index in [9.17, 15) is 24.3 Å². The summed E-state index contributed by atoms with van der Waals surface area (Å²) in [6.07, 6.45) is 3.55. The van der Waals surface area contributed by atoms with E-state index in [2.05, 4.69) is 5.32 Å². The Bertz CT molecular complexity index is 1130. The lowest BCUT2D eigenvalue weighted by molar-refractivity contribution is -0.120. The number of primary amides is 1. The van der Waals surface area contributed by atoms with Crippen molar-refractivity contribution in [3.63, 3.8) is 0 Å². The van der Waals surface area contributed by atoms with E-state index in [-0.39, 0.29) is 34.9 Å². The number of nitrogens with two attached hydrogens (primary N) is 2. The van der Waals surface area contributed by atoms with Gasteiger partial charge < -0.3 is 36.1 Å². The number of nitrogens with one attached hydrogen (secondary N) is 1. The van der Waals surface area contributed by atoms with Gasteiger partial charge in [-0.2, -0.15) is 0 Å². The normalized spacial score (nSPS) is 33.3. The minimum Gasteiger partial charge on any atom is -0.439 e. The molecule has 2 aliphatic rings. The van der Waals surface area contributed by atoms with Crippen molar-refractivity contribution in [2.75, 3.05) is 14.2 Å². The van der Waals surface area contributed by atoms with Crippen LogP contribution in [0.25, 0.3) is 0 Å². The first-order chi connectivity index (χ1) is 18.3. The number of methoxy groups -OCH3 is 2. The molecular formula is C28H39N3O8. The highest BCUT2D eigenvalue weighted by Gasteiger charge is 2.32. The van der Waals surface area contributed by atoms with Crippen molar-refractivity contribution in [3.8, 4) is 0 Å². The molecule has 0 spiro atoms. The average molecular weight is 546 g/mol. The third-order valence-electron chi connectivity index (χ3n) is 6.84. The smallest absolute Gasteiger partial charge is 0.405 e. The second-order valence-electron chi connectivity index (χ2n) is 9.97. The standard InChI is InChI=1S/C28H39N3O8/c1-14-10-18-23(29)20(32)13-19(25(18)34)31-27(35)15(2)8-7-9-21(37-5)26(39-28(30)36)17(4)12-16(3)24(33)22(11-14)38-6/h7-9,12-14,16,21-22,24,26,33H,10-11,29H2,1-6H3,(H2,30,36)(H,31,35)/b9-7+,15-8-,17-12+/t14-,16+,21-,22-,24+,26-/m1/s1. The highest BCUT2D eigenvalue weighted by atomic mass is 16.6. The number of carbonyl (C=O) groups is 4. The molecule has 6 N–H and O–H groups in total. The van der Waals surface area contributed by atoms with Gasteiger partial charge in [-0.1, -0.05) is 38.2 Å². The first kappa shape index (κ1) is 31.7. The molecule has 0 aromatic carbocycles. The van der Waals surface area contributed by atoms with Crippen molar-refractivity contribution >= 4 is 23.6 Å². The number of rotatable bonds is 3. The maximum Gasteiger partial charge on any atom is 0.405 e. The molecule has 11 nitrogen and oxygen atoms in total. The molecule has 2 rings (SSSR count). The van der Waals surface area contributed by atoms with Crippen LogP contribution in [0.5, 0.6) is 0 Å². The summed E-state index contributed by atoms with van der Waals surface area (Å²) in [4.78, 5) is 50.1. The zero-order valence-corrected chi connectivity index (χ0v) is 23.2. The van der Waals surface area contributed by atoms with Gasteiger partial charge in [-0.05, 0) is 38.2 Å². The molecule has 0 aromatic heterocycles. The van der Waals surface area contributed by atoms with Crippen LogP contribution in [0.2, 0.25) is 0 Å². The summed E-state index contributed by atoms with van der Waals surface area (Å²) in [6.45, 7) is 6.89. The second kappa shape index (κ2) is 14.0. The van der Waals surface area contributed by atoms with Gasteiger partial charge in [0.05, 0.1) is 23.6 Å². The third kappa shape index (κ3) is 8.22. The average Bonchev–Trinajstić information content (AvgIpc) is 2.88. The molecule has 11 heteroatoms. The van der Waals surface area contributed by atoms with Crippen molar-refractivity contribution in [2.24, 2.45) is 23.3 Å². The molecule has 2 amide bonds. The van der Waals surface area contributed by atoms with Crippen LogP contribution in [0, 0.1) is 11.8 Å². The van der Waals surface area contributed by atoms with Crippen LogP contribution in [-0.2, 0) is 28.6 Å². The number of aliphatic hydroxyl groups is 1. The molecule has 6 atom stereocenters. The number of hydrogen-bond donors (Lipinski definition) is 4. The van der Waals surface area contributed by atoms with E-state index in [0.717, 1.165) is 6.08 Å². The number of Topliss-reactive ketones (excluding diaryl/α,β-unsaturated/α-hetero) is 1. The van der Waals surface area contributed by atoms with Crippen molar-refractivity contribution in [1.82, 2.24) is 5.32 Å². The topological polar surface area (TPSA) is 180 Å². The summed E-state index contributed by atoms with van der Waals surface area (Å²) in [5.41, 5.74) is 11.9. The van der Waals surface area contributed by atoms with Gasteiger partial charge in [-0.3, -0.25) is 14.4 Å². The van der Waals surface area contributed by atoms with Crippen molar-refractivity contribution in [1.29, 1.82) is 0 Å². The summed E-state index contributed by atoms with van der Waals surface area (Å²) in [5.74, 6) is -2.37. The Morgan fingerprint density at radius 2 is 1.79 bits per heavy atom. The Hall–Kier alpha value is -3.54. The highest BCUT2D eigenvalue weighted by molar-refractivity contribution is 6.23. The number of aliphatic hydroxyl groups excluding tert-OH is 1. The van der Waals surface area contributed by atoms with E-state index < -0.39 is 53.9 Å². The number of ether oxygens (including phenoxy) is 3. The van der Waals surface area contributed by atoms with Crippen molar-refractivity contribution < 1.29 is 38.5 Å². The molecule has 1 aliphatic carbocycles. The number of hydrogen-bond acceptors (Lipinski definition) is 9. The van der Waals surface area contributed by atoms with E-state index in [1.165, 1.54) is 33.3 Å². The lowest BCUT2D eigenvalue weighted by Crippen LogP contribution is -2.37. The maximum atomic E-state index is 13.2. The number of carbonyl (C=O) groups excluding carboxylic acids is 4. The maximum absolute atomic E-state index is 13.2. The largest absolute Gasteiger partial charge is 0.439 e. The van der Waals surface area contributed by atoms with E-state index in [4.69, 9.17) is 25.7 Å². The minimum absolute atomic E-state index is 0.104. The molecule has 2 bridgehead atoms. The Balaban J connectivity index is 2.58. The molecule has 0 fully saturated rings. The molecule has 214 valence electrons. The van der Waals surface area contributed by atoms with Gasteiger partial charge >= 0.3 is 6.09 Å². The number of allylic oxidation sites excluding steroid dienone is 4. The lowest BCUT2D eigenvalue weighted by atomic mass is 9.85. The van der Waals surface area contributed by atoms with Gasteiger partial charge in [0.25, 0.3) is 5.91 Å². The molecule has 0 unspecified atom stereocenters. The SMILES string of the molecule is CO[C@@H]1/C=C/C=C(/C)C(=O)NC2=CC(=O)C(N)=C(C[C@@H](C)C[C@@H](OC)[C@@H](O)[C@@H](C)/C=C(\C)[C@H]1OC(N)=O)C2=O. The van der Waals surface area contributed by atoms with E-state index in [1.807, 2.05) is 6.92 Å². The number of ketones is 2. The summed E-state index contributed by atoms with van der Waals surface area (Å²) in [5, 5.41) is 13.6. The monoisotopic (exact) mass is 545 g/mol. The highest BCUT2D eigenvalue weighted by Crippen LogP contribution is 2.28. The number of amides is 2. The Kier molecular flexibility index (Phi) is 11.4. The third-order valence-corrected chi connectivity index (χ3v) is 6.84. The second-order valence-corrected chi connectivity index (χ2v) is 9.97. The molecule has 39 heavy (non-hydrogen) atoms. The van der Waals surface area contributed by atoms with Gasteiger partial charge in [0.1, 0.15) is 6.10 Å². The van der Waals surface area contributed by atoms with Gasteiger partial charge in [0, 0.05) is 37.4 Å². The van der Waals surface area contributed by atoms with Gasteiger partial charge in [-0.25, -0.2) is 4.79 Å². The fourth-order valence-corrected chi connectivity index (χ4v) is 4.61. The summed E-state index contributed by atoms with van der Waals surface area (Å²) >= 11 is 0. The zero-order chi connectivity index (χ0) is 29.4. The fourth-order valence-electron chi connectivity index (χ4n) is 4.61. The summed E-state index contributed by atoms with van der Waals surface area (Å²) < 4.78 is 16.4. The Labute approximate surface area is 228 Å². The molecule has 0 saturated carbocycles. The van der Waals surface area contributed by atoms with Crippen molar-refractivity contribution in [3.05, 3.63) is 58.5 Å². The van der Waals surface area contributed by atoms with Crippen LogP contribution in [0.4, 0.5) is 4.79 Å². The molecule has 0 aromatic rings. The van der Waals surface area contributed by atoms with Gasteiger partial charge in [-0.15, -0.1) is 0 Å². The van der Waals surface area contributed by atoms with Crippen LogP contribution in [0.15, 0.2) is 58.5 Å². The quantitative estimate of drug-likeness (QED) is 0.303. The van der Waals surface area contributed by atoms with E-state index in [0.29, 0.717) is 12.0 Å². The van der Waals surface area contributed by atoms with Gasteiger partial charge in [0.2, 0.25) is 11.6 Å². The first-order valence-electron chi connectivity index (χ1n) is 12.6. The summed E-state index contributed by atoms with van der Waals surface area (Å²) in [7, 11) is 2.90.